The first kappa shape index (κ1) is 15.5. The molecule has 0 bridgehead atoms. The fraction of sp³-hybridized carbons (Fsp3) is 0.500. The zero-order chi connectivity index (χ0) is 15.3. The Bertz CT molecular complexity index is 516. The predicted octanol–water partition coefficient (Wildman–Crippen LogP) is 2.28. The Morgan fingerprint density at radius 1 is 1.33 bits per heavy atom. The van der Waals surface area contributed by atoms with Crippen LogP contribution in [0.15, 0.2) is 24.3 Å². The van der Waals surface area contributed by atoms with Crippen LogP contribution in [0.5, 0.6) is 0 Å². The molecule has 21 heavy (non-hydrogen) atoms. The van der Waals surface area contributed by atoms with Gasteiger partial charge in [0, 0.05) is 13.0 Å². The van der Waals surface area contributed by atoms with Gasteiger partial charge in [-0.25, -0.2) is 4.39 Å². The molecule has 1 aromatic carbocycles. The van der Waals surface area contributed by atoms with Crippen molar-refractivity contribution >= 4 is 11.8 Å². The molecule has 1 atom stereocenters. The van der Waals surface area contributed by atoms with Gasteiger partial charge in [0.2, 0.25) is 11.8 Å². The summed E-state index contributed by atoms with van der Waals surface area (Å²) in [5, 5.41) is 5.73. The molecule has 5 heteroatoms. The topological polar surface area (TPSA) is 58.2 Å². The summed E-state index contributed by atoms with van der Waals surface area (Å²) in [4.78, 5) is 24.2. The molecule has 1 saturated heterocycles. The molecule has 0 aliphatic carbocycles. The first-order valence-electron chi connectivity index (χ1n) is 7.39. The van der Waals surface area contributed by atoms with Gasteiger partial charge in [-0.1, -0.05) is 25.5 Å². The molecule has 2 rings (SSSR count). The maximum absolute atomic E-state index is 12.8. The van der Waals surface area contributed by atoms with E-state index >= 15 is 0 Å². The lowest BCUT2D eigenvalue weighted by molar-refractivity contribution is -0.133. The van der Waals surface area contributed by atoms with Crippen molar-refractivity contribution in [3.05, 3.63) is 35.6 Å². The second-order valence-corrected chi connectivity index (χ2v) is 5.50. The summed E-state index contributed by atoms with van der Waals surface area (Å²) in [6, 6.07) is 6.01. The van der Waals surface area contributed by atoms with Gasteiger partial charge in [0.05, 0.1) is 0 Å². The zero-order valence-electron chi connectivity index (χ0n) is 12.2. The lowest BCUT2D eigenvalue weighted by Crippen LogP contribution is -2.57. The fourth-order valence-electron chi connectivity index (χ4n) is 2.65. The third-order valence-corrected chi connectivity index (χ3v) is 4.04. The number of nitrogens with one attached hydrogen (secondary N) is 2. The summed E-state index contributed by atoms with van der Waals surface area (Å²) >= 11 is 0. The van der Waals surface area contributed by atoms with E-state index in [0.717, 1.165) is 18.4 Å². The van der Waals surface area contributed by atoms with Crippen molar-refractivity contribution in [3.8, 4) is 0 Å². The molecule has 2 amide bonds. The van der Waals surface area contributed by atoms with Crippen LogP contribution in [-0.4, -0.2) is 17.4 Å². The summed E-state index contributed by atoms with van der Waals surface area (Å²) in [6.45, 7) is 2.24. The Morgan fingerprint density at radius 2 is 2.05 bits per heavy atom. The fourth-order valence-corrected chi connectivity index (χ4v) is 2.65. The first-order chi connectivity index (χ1) is 10.1. The third kappa shape index (κ3) is 3.80. The summed E-state index contributed by atoms with van der Waals surface area (Å²) in [7, 11) is 0. The number of amides is 2. The van der Waals surface area contributed by atoms with Crippen LogP contribution in [0.3, 0.4) is 0 Å². The molecule has 0 radical (unpaired) electrons. The standard InChI is InChI=1S/C16H21FN2O2/c1-2-16(10-4-3-5-14(20)19-16)15(21)18-11-12-6-8-13(17)9-7-12/h6-9H,2-5,10-11H2,1H3,(H,18,21)(H,19,20). The molecule has 0 aromatic heterocycles. The van der Waals surface area contributed by atoms with E-state index < -0.39 is 5.54 Å². The molecule has 1 unspecified atom stereocenters. The maximum Gasteiger partial charge on any atom is 0.246 e. The van der Waals surface area contributed by atoms with Gasteiger partial charge in [0.1, 0.15) is 11.4 Å². The van der Waals surface area contributed by atoms with Crippen molar-refractivity contribution in [3.63, 3.8) is 0 Å². The smallest absolute Gasteiger partial charge is 0.246 e. The van der Waals surface area contributed by atoms with Gasteiger partial charge in [-0.2, -0.15) is 0 Å². The maximum atomic E-state index is 12.8. The minimum absolute atomic E-state index is 0.0636. The van der Waals surface area contributed by atoms with Crippen molar-refractivity contribution in [1.82, 2.24) is 10.6 Å². The summed E-state index contributed by atoms with van der Waals surface area (Å²) in [5.41, 5.74) is 0.0177. The highest BCUT2D eigenvalue weighted by Gasteiger charge is 2.38. The van der Waals surface area contributed by atoms with E-state index in [1.807, 2.05) is 6.92 Å². The van der Waals surface area contributed by atoms with Crippen LogP contribution in [-0.2, 0) is 16.1 Å². The van der Waals surface area contributed by atoms with E-state index in [1.54, 1.807) is 12.1 Å². The SMILES string of the molecule is CCC1(C(=O)NCc2ccc(F)cc2)CCCCC(=O)N1. The predicted molar refractivity (Wildman–Crippen MR) is 77.9 cm³/mol. The number of carbonyl (C=O) groups is 2. The average Bonchev–Trinajstić information content (AvgIpc) is 2.68. The van der Waals surface area contributed by atoms with Gasteiger partial charge in [-0.3, -0.25) is 9.59 Å². The van der Waals surface area contributed by atoms with Crippen molar-refractivity contribution < 1.29 is 14.0 Å². The van der Waals surface area contributed by atoms with Crippen molar-refractivity contribution in [1.29, 1.82) is 0 Å². The Labute approximate surface area is 124 Å². The zero-order valence-corrected chi connectivity index (χ0v) is 12.2. The van der Waals surface area contributed by atoms with Crippen molar-refractivity contribution in [2.75, 3.05) is 0 Å². The van der Waals surface area contributed by atoms with Crippen LogP contribution in [0, 0.1) is 5.82 Å². The summed E-state index contributed by atoms with van der Waals surface area (Å²) in [6.07, 6.45) is 3.38. The number of carbonyl (C=O) groups excluding carboxylic acids is 2. The first-order valence-corrected chi connectivity index (χ1v) is 7.39. The highest BCUT2D eigenvalue weighted by molar-refractivity contribution is 5.91. The summed E-state index contributed by atoms with van der Waals surface area (Å²) < 4.78 is 12.8. The Hall–Kier alpha value is -1.91. The van der Waals surface area contributed by atoms with Crippen LogP contribution in [0.25, 0.3) is 0 Å². The molecular weight excluding hydrogens is 271 g/mol. The Kier molecular flexibility index (Phi) is 4.94. The van der Waals surface area contributed by atoms with Crippen LogP contribution >= 0.6 is 0 Å². The van der Waals surface area contributed by atoms with E-state index in [9.17, 15) is 14.0 Å². The van der Waals surface area contributed by atoms with Crippen LogP contribution in [0.4, 0.5) is 4.39 Å². The number of benzene rings is 1. The average molecular weight is 292 g/mol. The molecule has 114 valence electrons. The quantitative estimate of drug-likeness (QED) is 0.894. The number of hydrogen-bond acceptors (Lipinski definition) is 2. The summed E-state index contributed by atoms with van der Waals surface area (Å²) in [5.74, 6) is -0.526. The highest BCUT2D eigenvalue weighted by atomic mass is 19.1. The van der Waals surface area contributed by atoms with E-state index in [2.05, 4.69) is 10.6 Å². The lowest BCUT2D eigenvalue weighted by Gasteiger charge is -2.31. The molecule has 0 saturated carbocycles. The van der Waals surface area contributed by atoms with E-state index in [4.69, 9.17) is 0 Å². The molecule has 1 aliphatic rings. The largest absolute Gasteiger partial charge is 0.350 e. The van der Waals surface area contributed by atoms with Gasteiger partial charge in [-0.15, -0.1) is 0 Å². The van der Waals surface area contributed by atoms with Gasteiger partial charge < -0.3 is 10.6 Å². The van der Waals surface area contributed by atoms with E-state index in [-0.39, 0.29) is 17.6 Å². The molecule has 1 aliphatic heterocycles. The second kappa shape index (κ2) is 6.70. The molecule has 1 aromatic rings. The molecular formula is C16H21FN2O2. The third-order valence-electron chi connectivity index (χ3n) is 4.04. The molecule has 1 heterocycles. The van der Waals surface area contributed by atoms with Crippen LogP contribution in [0.1, 0.15) is 44.6 Å². The van der Waals surface area contributed by atoms with Crippen molar-refractivity contribution in [2.45, 2.75) is 51.1 Å². The highest BCUT2D eigenvalue weighted by Crippen LogP contribution is 2.23. The van der Waals surface area contributed by atoms with Crippen LogP contribution < -0.4 is 10.6 Å². The number of halogens is 1. The van der Waals surface area contributed by atoms with Gasteiger partial charge in [-0.05, 0) is 37.0 Å². The van der Waals surface area contributed by atoms with Crippen LogP contribution in [0.2, 0.25) is 0 Å². The van der Waals surface area contributed by atoms with Gasteiger partial charge >= 0.3 is 0 Å². The molecule has 2 N–H and O–H groups in total. The minimum Gasteiger partial charge on any atom is -0.350 e. The normalized spacial score (nSPS) is 22.3. The number of hydrogen-bond donors (Lipinski definition) is 2. The van der Waals surface area contributed by atoms with Gasteiger partial charge in [0.25, 0.3) is 0 Å². The molecule has 1 fully saturated rings. The molecule has 4 nitrogen and oxygen atoms in total. The second-order valence-electron chi connectivity index (χ2n) is 5.50. The monoisotopic (exact) mass is 292 g/mol. The lowest BCUT2D eigenvalue weighted by atomic mass is 9.89. The van der Waals surface area contributed by atoms with E-state index in [0.29, 0.717) is 25.8 Å². The van der Waals surface area contributed by atoms with E-state index in [1.165, 1.54) is 12.1 Å². The van der Waals surface area contributed by atoms with Crippen molar-refractivity contribution in [2.24, 2.45) is 0 Å². The molecule has 0 spiro atoms. The number of rotatable bonds is 4. The van der Waals surface area contributed by atoms with Gasteiger partial charge in [0.15, 0.2) is 0 Å². The Balaban J connectivity index is 2.02. The Morgan fingerprint density at radius 3 is 2.71 bits per heavy atom. The minimum atomic E-state index is -0.812.